The van der Waals surface area contributed by atoms with Crippen molar-refractivity contribution >= 4 is 10.8 Å². The standard InChI is InChI=1S/C29H34N3/c1-18(2)28-30-15-22(16-31-28)26-24-12-10-9-11-21(24)17-32(8)27(26)25-14-23(29(5,6)7)13-19(3)20(25)4/h9-18H,1-8H3/q+1. The number of rotatable bonds is 3. The van der Waals surface area contributed by atoms with Crippen LogP contribution in [0.4, 0.5) is 0 Å². The minimum Gasteiger partial charge on any atom is -0.240 e. The maximum atomic E-state index is 4.70. The number of pyridine rings is 1. The summed E-state index contributed by atoms with van der Waals surface area (Å²) >= 11 is 0. The van der Waals surface area contributed by atoms with Gasteiger partial charge in [0.25, 0.3) is 0 Å². The molecular weight excluding hydrogens is 390 g/mol. The highest BCUT2D eigenvalue weighted by atomic mass is 14.9. The molecule has 0 spiro atoms. The summed E-state index contributed by atoms with van der Waals surface area (Å²) in [6.45, 7) is 15.5. The van der Waals surface area contributed by atoms with E-state index in [9.17, 15) is 0 Å². The molecule has 0 fully saturated rings. The molecule has 0 radical (unpaired) electrons. The predicted molar refractivity (Wildman–Crippen MR) is 134 cm³/mol. The van der Waals surface area contributed by atoms with Gasteiger partial charge in [0.15, 0.2) is 6.20 Å². The zero-order valence-electron chi connectivity index (χ0n) is 20.6. The first-order valence-electron chi connectivity index (χ1n) is 11.4. The zero-order chi connectivity index (χ0) is 23.2. The lowest BCUT2D eigenvalue weighted by molar-refractivity contribution is -0.658. The molecule has 3 nitrogen and oxygen atoms in total. The van der Waals surface area contributed by atoms with E-state index in [0.29, 0.717) is 5.92 Å². The molecule has 2 heterocycles. The number of hydrogen-bond donors (Lipinski definition) is 0. The molecule has 32 heavy (non-hydrogen) atoms. The van der Waals surface area contributed by atoms with Crippen LogP contribution in [0, 0.1) is 13.8 Å². The summed E-state index contributed by atoms with van der Waals surface area (Å²) in [6.07, 6.45) is 6.21. The molecule has 0 aliphatic carbocycles. The van der Waals surface area contributed by atoms with Gasteiger partial charge in [-0.05, 0) is 48.1 Å². The van der Waals surface area contributed by atoms with Crippen molar-refractivity contribution in [2.24, 2.45) is 7.05 Å². The van der Waals surface area contributed by atoms with Gasteiger partial charge in [-0.2, -0.15) is 4.57 Å². The van der Waals surface area contributed by atoms with Crippen LogP contribution in [0.2, 0.25) is 0 Å². The second-order valence-corrected chi connectivity index (χ2v) is 10.3. The Hall–Kier alpha value is -3.07. The van der Waals surface area contributed by atoms with Crippen molar-refractivity contribution in [2.75, 3.05) is 0 Å². The van der Waals surface area contributed by atoms with Crippen molar-refractivity contribution in [3.63, 3.8) is 0 Å². The molecule has 0 amide bonds. The number of nitrogens with zero attached hydrogens (tertiary/aromatic N) is 3. The first kappa shape index (κ1) is 22.1. The number of aryl methyl sites for hydroxylation is 2. The fourth-order valence-electron chi connectivity index (χ4n) is 4.33. The maximum absolute atomic E-state index is 4.70. The van der Waals surface area contributed by atoms with Gasteiger partial charge in [-0.3, -0.25) is 0 Å². The van der Waals surface area contributed by atoms with E-state index in [0.717, 1.165) is 11.4 Å². The van der Waals surface area contributed by atoms with Gasteiger partial charge in [-0.15, -0.1) is 0 Å². The van der Waals surface area contributed by atoms with E-state index < -0.39 is 0 Å². The highest BCUT2D eigenvalue weighted by molar-refractivity contribution is 6.01. The molecular formula is C29H34N3+. The monoisotopic (exact) mass is 424 g/mol. The summed E-state index contributed by atoms with van der Waals surface area (Å²) in [6, 6.07) is 13.3. The molecule has 0 atom stereocenters. The van der Waals surface area contributed by atoms with Gasteiger partial charge in [0.1, 0.15) is 12.9 Å². The minimum atomic E-state index is 0.0742. The van der Waals surface area contributed by atoms with Crippen LogP contribution in [0.25, 0.3) is 33.2 Å². The van der Waals surface area contributed by atoms with E-state index in [4.69, 9.17) is 9.97 Å². The van der Waals surface area contributed by atoms with Crippen LogP contribution in [-0.4, -0.2) is 9.97 Å². The average molecular weight is 425 g/mol. The second kappa shape index (κ2) is 8.12. The number of fused-ring (bicyclic) bond motifs is 1. The highest BCUT2D eigenvalue weighted by Gasteiger charge is 2.26. The van der Waals surface area contributed by atoms with Gasteiger partial charge < -0.3 is 0 Å². The van der Waals surface area contributed by atoms with Crippen LogP contribution in [0.3, 0.4) is 0 Å². The molecule has 0 N–H and O–H groups in total. The van der Waals surface area contributed by atoms with Crippen molar-refractivity contribution in [1.82, 2.24) is 9.97 Å². The number of benzene rings is 2. The van der Waals surface area contributed by atoms with Gasteiger partial charge in [0.05, 0.1) is 11.1 Å². The van der Waals surface area contributed by atoms with E-state index >= 15 is 0 Å². The summed E-state index contributed by atoms with van der Waals surface area (Å²) < 4.78 is 2.27. The summed E-state index contributed by atoms with van der Waals surface area (Å²) in [5.74, 6) is 1.18. The third-order valence-corrected chi connectivity index (χ3v) is 6.42. The lowest BCUT2D eigenvalue weighted by Crippen LogP contribution is -2.32. The molecule has 0 saturated heterocycles. The molecule has 0 aliphatic heterocycles. The summed E-state index contributed by atoms with van der Waals surface area (Å²) in [4.78, 5) is 9.40. The van der Waals surface area contributed by atoms with Crippen molar-refractivity contribution in [2.45, 2.75) is 59.8 Å². The molecule has 2 aromatic heterocycles. The minimum absolute atomic E-state index is 0.0742. The Bertz CT molecular complexity index is 1290. The average Bonchev–Trinajstić information content (AvgIpc) is 2.74. The van der Waals surface area contributed by atoms with Crippen LogP contribution in [0.5, 0.6) is 0 Å². The van der Waals surface area contributed by atoms with Crippen LogP contribution in [0.1, 0.15) is 63.1 Å². The Morgan fingerprint density at radius 1 is 0.938 bits per heavy atom. The predicted octanol–water partition coefficient (Wildman–Crippen LogP) is 6.83. The number of aromatic nitrogens is 3. The molecule has 0 bridgehead atoms. The molecule has 4 aromatic rings. The van der Waals surface area contributed by atoms with E-state index in [1.807, 2.05) is 12.4 Å². The molecule has 2 aromatic carbocycles. The van der Waals surface area contributed by atoms with E-state index in [1.165, 1.54) is 44.3 Å². The van der Waals surface area contributed by atoms with Crippen LogP contribution in [0.15, 0.2) is 55.0 Å². The lowest BCUT2D eigenvalue weighted by atomic mass is 9.82. The molecule has 4 rings (SSSR count). The van der Waals surface area contributed by atoms with E-state index in [-0.39, 0.29) is 5.41 Å². The summed E-state index contributed by atoms with van der Waals surface area (Å²) in [5, 5.41) is 2.43. The SMILES string of the molecule is Cc1cc(C(C)(C)C)cc(-c2c(-c3cnc(C(C)C)nc3)c3ccccc3c[n+]2C)c1C. The third-order valence-electron chi connectivity index (χ3n) is 6.42. The summed E-state index contributed by atoms with van der Waals surface area (Å²) in [7, 11) is 2.15. The quantitative estimate of drug-likeness (QED) is 0.338. The first-order chi connectivity index (χ1) is 15.1. The molecule has 0 aliphatic rings. The fraction of sp³-hybridized carbons (Fsp3) is 0.345. The van der Waals surface area contributed by atoms with Crippen molar-refractivity contribution in [3.05, 3.63) is 77.5 Å². The van der Waals surface area contributed by atoms with Crippen molar-refractivity contribution in [1.29, 1.82) is 0 Å². The Balaban J connectivity index is 2.10. The normalized spacial score (nSPS) is 12.0. The van der Waals surface area contributed by atoms with Gasteiger partial charge in [0.2, 0.25) is 5.69 Å². The molecule has 0 unspecified atom stereocenters. The Kier molecular flexibility index (Phi) is 5.62. The molecule has 0 saturated carbocycles. The third kappa shape index (κ3) is 3.92. The highest BCUT2D eigenvalue weighted by Crippen LogP contribution is 2.39. The topological polar surface area (TPSA) is 29.7 Å². The van der Waals surface area contributed by atoms with Crippen LogP contribution >= 0.6 is 0 Å². The lowest BCUT2D eigenvalue weighted by Gasteiger charge is -2.22. The Labute approximate surface area is 192 Å². The van der Waals surface area contributed by atoms with Gasteiger partial charge in [-0.25, -0.2) is 9.97 Å². The second-order valence-electron chi connectivity index (χ2n) is 10.3. The van der Waals surface area contributed by atoms with E-state index in [1.54, 1.807) is 0 Å². The first-order valence-corrected chi connectivity index (χ1v) is 11.4. The van der Waals surface area contributed by atoms with Gasteiger partial charge >= 0.3 is 0 Å². The van der Waals surface area contributed by atoms with E-state index in [2.05, 4.69) is 103 Å². The largest absolute Gasteiger partial charge is 0.240 e. The smallest absolute Gasteiger partial charge is 0.221 e. The molecule has 164 valence electrons. The van der Waals surface area contributed by atoms with Crippen molar-refractivity contribution in [3.8, 4) is 22.4 Å². The zero-order valence-corrected chi connectivity index (χ0v) is 20.6. The van der Waals surface area contributed by atoms with Gasteiger partial charge in [-0.1, -0.05) is 58.9 Å². The Morgan fingerprint density at radius 3 is 2.22 bits per heavy atom. The fourth-order valence-corrected chi connectivity index (χ4v) is 4.33. The Morgan fingerprint density at radius 2 is 1.59 bits per heavy atom. The van der Waals surface area contributed by atoms with Gasteiger partial charge in [0, 0.05) is 34.6 Å². The van der Waals surface area contributed by atoms with Crippen LogP contribution < -0.4 is 4.57 Å². The van der Waals surface area contributed by atoms with Crippen molar-refractivity contribution < 1.29 is 4.57 Å². The molecule has 3 heteroatoms. The maximum Gasteiger partial charge on any atom is 0.221 e. The summed E-state index contributed by atoms with van der Waals surface area (Å²) in [5.41, 5.74) is 8.76. The van der Waals surface area contributed by atoms with Crippen LogP contribution in [-0.2, 0) is 12.5 Å². The number of hydrogen-bond acceptors (Lipinski definition) is 2.